The molecule has 1 amide bonds. The molecular formula is C12H10ClN3O2. The summed E-state index contributed by atoms with van der Waals surface area (Å²) in [5.41, 5.74) is 0.977. The molecule has 0 aliphatic rings. The summed E-state index contributed by atoms with van der Waals surface area (Å²) in [7, 11) is 0. The Morgan fingerprint density at radius 1 is 1.39 bits per heavy atom. The fraction of sp³-hybridized carbons (Fsp3) is 0.0833. The van der Waals surface area contributed by atoms with Crippen LogP contribution >= 0.6 is 11.6 Å². The summed E-state index contributed by atoms with van der Waals surface area (Å²) in [5, 5.41) is 2.71. The smallest absolute Gasteiger partial charge is 0.321 e. The van der Waals surface area contributed by atoms with Crippen LogP contribution in [0.25, 0.3) is 0 Å². The van der Waals surface area contributed by atoms with E-state index in [0.717, 1.165) is 5.56 Å². The lowest BCUT2D eigenvalue weighted by Crippen LogP contribution is -2.20. The second kappa shape index (κ2) is 5.01. The first kappa shape index (κ1) is 12.3. The molecule has 92 valence electrons. The second-order valence-corrected chi connectivity index (χ2v) is 4.15. The number of halogens is 1. The molecule has 5 nitrogen and oxygen atoms in total. The molecule has 1 aromatic heterocycles. The van der Waals surface area contributed by atoms with Crippen molar-refractivity contribution in [1.29, 1.82) is 0 Å². The number of aromatic nitrogens is 2. The number of nitrogens with one attached hydrogen (secondary N) is 2. The molecule has 2 aromatic rings. The van der Waals surface area contributed by atoms with E-state index in [9.17, 15) is 9.59 Å². The van der Waals surface area contributed by atoms with E-state index < -0.39 is 11.6 Å². The van der Waals surface area contributed by atoms with E-state index >= 15 is 0 Å². The van der Waals surface area contributed by atoms with Crippen LogP contribution in [0.3, 0.4) is 0 Å². The minimum Gasteiger partial charge on any atom is -0.321 e. The SMILES string of the molecule is Cc1cccc(NC(=O)c2cc(Cl)[nH]c(=O)n2)c1. The number of rotatable bonds is 2. The van der Waals surface area contributed by atoms with Crippen molar-refractivity contribution < 1.29 is 4.79 Å². The van der Waals surface area contributed by atoms with Gasteiger partial charge in [0.25, 0.3) is 5.91 Å². The molecule has 0 fully saturated rings. The lowest BCUT2D eigenvalue weighted by Gasteiger charge is -2.05. The largest absolute Gasteiger partial charge is 0.346 e. The summed E-state index contributed by atoms with van der Waals surface area (Å²) in [6.45, 7) is 1.91. The minimum atomic E-state index is -0.656. The van der Waals surface area contributed by atoms with Gasteiger partial charge in [-0.05, 0) is 24.6 Å². The number of aryl methyl sites for hydroxylation is 1. The molecule has 0 spiro atoms. The Kier molecular flexibility index (Phi) is 3.43. The van der Waals surface area contributed by atoms with Crippen molar-refractivity contribution in [3.63, 3.8) is 0 Å². The molecule has 2 rings (SSSR count). The molecule has 1 heterocycles. The maximum absolute atomic E-state index is 11.8. The topological polar surface area (TPSA) is 74.8 Å². The number of carbonyl (C=O) groups excluding carboxylic acids is 1. The van der Waals surface area contributed by atoms with E-state index in [1.165, 1.54) is 6.07 Å². The van der Waals surface area contributed by atoms with Gasteiger partial charge in [-0.15, -0.1) is 0 Å². The van der Waals surface area contributed by atoms with Gasteiger partial charge < -0.3 is 5.32 Å². The lowest BCUT2D eigenvalue weighted by molar-refractivity contribution is 0.102. The third-order valence-corrected chi connectivity index (χ3v) is 2.42. The van der Waals surface area contributed by atoms with Gasteiger partial charge >= 0.3 is 5.69 Å². The van der Waals surface area contributed by atoms with Gasteiger partial charge in [0, 0.05) is 11.8 Å². The molecule has 0 radical (unpaired) electrons. The molecule has 0 atom stereocenters. The van der Waals surface area contributed by atoms with Crippen LogP contribution in [0.4, 0.5) is 5.69 Å². The van der Waals surface area contributed by atoms with E-state index in [1.807, 2.05) is 25.1 Å². The Morgan fingerprint density at radius 2 is 2.17 bits per heavy atom. The van der Waals surface area contributed by atoms with Gasteiger partial charge in [-0.1, -0.05) is 23.7 Å². The number of hydrogen-bond donors (Lipinski definition) is 2. The summed E-state index contributed by atoms with van der Waals surface area (Å²) in [4.78, 5) is 28.7. The third-order valence-electron chi connectivity index (χ3n) is 2.22. The van der Waals surface area contributed by atoms with Crippen molar-refractivity contribution in [2.45, 2.75) is 6.92 Å². The van der Waals surface area contributed by atoms with Crippen LogP contribution in [0.2, 0.25) is 5.15 Å². The second-order valence-electron chi connectivity index (χ2n) is 3.74. The van der Waals surface area contributed by atoms with Crippen LogP contribution in [0, 0.1) is 6.92 Å². The van der Waals surface area contributed by atoms with Crippen molar-refractivity contribution >= 4 is 23.2 Å². The predicted octanol–water partition coefficient (Wildman–Crippen LogP) is 1.98. The number of H-pyrrole nitrogens is 1. The number of carbonyl (C=O) groups is 1. The average Bonchev–Trinajstić information content (AvgIpc) is 2.27. The maximum Gasteiger partial charge on any atom is 0.346 e. The average molecular weight is 264 g/mol. The fourth-order valence-corrected chi connectivity index (χ4v) is 1.65. The zero-order valence-corrected chi connectivity index (χ0v) is 10.3. The Bertz CT molecular complexity index is 652. The highest BCUT2D eigenvalue weighted by atomic mass is 35.5. The first-order valence-corrected chi connectivity index (χ1v) is 5.57. The fourth-order valence-electron chi connectivity index (χ4n) is 1.46. The highest BCUT2D eigenvalue weighted by Crippen LogP contribution is 2.11. The van der Waals surface area contributed by atoms with Crippen LogP contribution < -0.4 is 11.0 Å². The first-order valence-electron chi connectivity index (χ1n) is 5.19. The summed E-state index contributed by atoms with van der Waals surface area (Å²) >= 11 is 5.65. The zero-order chi connectivity index (χ0) is 13.1. The highest BCUT2D eigenvalue weighted by molar-refractivity contribution is 6.29. The van der Waals surface area contributed by atoms with Crippen molar-refractivity contribution in [1.82, 2.24) is 9.97 Å². The van der Waals surface area contributed by atoms with E-state index in [-0.39, 0.29) is 10.8 Å². The molecule has 0 saturated carbocycles. The highest BCUT2D eigenvalue weighted by Gasteiger charge is 2.09. The monoisotopic (exact) mass is 263 g/mol. The van der Waals surface area contributed by atoms with Gasteiger partial charge in [-0.3, -0.25) is 9.78 Å². The first-order chi connectivity index (χ1) is 8.54. The molecule has 1 aromatic carbocycles. The normalized spacial score (nSPS) is 10.1. The van der Waals surface area contributed by atoms with Gasteiger partial charge in [0.05, 0.1) is 0 Å². The Morgan fingerprint density at radius 3 is 2.83 bits per heavy atom. The van der Waals surface area contributed by atoms with Gasteiger partial charge in [-0.25, -0.2) is 4.79 Å². The van der Waals surface area contributed by atoms with Gasteiger partial charge in [0.1, 0.15) is 10.8 Å². The molecule has 18 heavy (non-hydrogen) atoms. The van der Waals surface area contributed by atoms with Crippen LogP contribution in [0.15, 0.2) is 35.1 Å². The number of anilines is 1. The standard InChI is InChI=1S/C12H10ClN3O2/c1-7-3-2-4-8(5-7)14-11(17)9-6-10(13)16-12(18)15-9/h2-6H,1H3,(H,14,17)(H,15,16,18). The van der Waals surface area contributed by atoms with Crippen LogP contribution in [-0.4, -0.2) is 15.9 Å². The molecule has 0 saturated heterocycles. The van der Waals surface area contributed by atoms with Crippen LogP contribution in [0.5, 0.6) is 0 Å². The predicted molar refractivity (Wildman–Crippen MR) is 69.0 cm³/mol. The zero-order valence-electron chi connectivity index (χ0n) is 9.53. The number of hydrogen-bond acceptors (Lipinski definition) is 3. The van der Waals surface area contributed by atoms with Gasteiger partial charge in [0.2, 0.25) is 0 Å². The molecule has 0 unspecified atom stereocenters. The van der Waals surface area contributed by atoms with E-state index in [1.54, 1.807) is 6.07 Å². The lowest BCUT2D eigenvalue weighted by atomic mass is 10.2. The van der Waals surface area contributed by atoms with E-state index in [2.05, 4.69) is 15.3 Å². The molecule has 6 heteroatoms. The van der Waals surface area contributed by atoms with Crippen LogP contribution in [-0.2, 0) is 0 Å². The summed E-state index contributed by atoms with van der Waals surface area (Å²) < 4.78 is 0. The van der Waals surface area contributed by atoms with Gasteiger partial charge in [-0.2, -0.15) is 4.98 Å². The van der Waals surface area contributed by atoms with Crippen molar-refractivity contribution in [2.24, 2.45) is 0 Å². The summed E-state index contributed by atoms with van der Waals surface area (Å²) in [6.07, 6.45) is 0. The maximum atomic E-state index is 11.8. The Labute approximate surface area is 108 Å². The molecule has 2 N–H and O–H groups in total. The number of nitrogens with zero attached hydrogens (tertiary/aromatic N) is 1. The number of amides is 1. The molecule has 0 bridgehead atoms. The third kappa shape index (κ3) is 2.95. The molecule has 0 aliphatic carbocycles. The Balaban J connectivity index is 2.24. The molecule has 0 aliphatic heterocycles. The van der Waals surface area contributed by atoms with Crippen molar-refractivity contribution in [3.05, 3.63) is 57.2 Å². The molecular weight excluding hydrogens is 254 g/mol. The quantitative estimate of drug-likeness (QED) is 0.814. The Hall–Kier alpha value is -2.14. The number of benzene rings is 1. The van der Waals surface area contributed by atoms with E-state index in [0.29, 0.717) is 5.69 Å². The van der Waals surface area contributed by atoms with Gasteiger partial charge in [0.15, 0.2) is 0 Å². The van der Waals surface area contributed by atoms with Crippen molar-refractivity contribution in [2.75, 3.05) is 5.32 Å². The number of aromatic amines is 1. The minimum absolute atomic E-state index is 0.0229. The van der Waals surface area contributed by atoms with Crippen molar-refractivity contribution in [3.8, 4) is 0 Å². The summed E-state index contributed by atoms with van der Waals surface area (Å²) in [6, 6.07) is 8.60. The summed E-state index contributed by atoms with van der Waals surface area (Å²) in [5.74, 6) is -0.478. The van der Waals surface area contributed by atoms with Crippen LogP contribution in [0.1, 0.15) is 16.1 Å². The van der Waals surface area contributed by atoms with E-state index in [4.69, 9.17) is 11.6 Å².